The van der Waals surface area contributed by atoms with Gasteiger partial charge in [-0.05, 0) is 265 Å². The number of hydroxylamine groups is 8. The van der Waals surface area contributed by atoms with E-state index in [0.717, 1.165) is 256 Å². The molecule has 0 unspecified atom stereocenters. The standard InChI is InChI=1S/C90H168N18O4/c1-21-25-57-101(69-61-83(5,6)105(84(7,8)62-69)109-73-43-33-29-34-44-73)79-95-77(96-80(99-79)102(58-26-22-2)70-63-85(9,10)106(86(11,12)64-70)110-74-45-35-30-36-46-74)93-53-41-51-91-55-56-92-52-42-54-94-78-97-81(103(59-27-23-3)71-65-87(13,14)107(88(15,16)66-71)111-75-47-37-31-38-48-75)100-82(98-78)104(60-28-24-4)72-67-89(17,18)108(90(19,20)68-72)112-76-49-39-32-40-50-76/h69-76,91-92H,21-68H2,1-20H3,(H,93,95,96,99)(H,94,97,98,100). The molecule has 4 N–H and O–H groups in total. The Morgan fingerprint density at radius 1 is 0.277 bits per heavy atom. The summed E-state index contributed by atoms with van der Waals surface area (Å²) in [5.41, 5.74) is -1.56. The first-order chi connectivity index (χ1) is 53.3. The van der Waals surface area contributed by atoms with Crippen LogP contribution in [-0.2, 0) is 19.4 Å². The zero-order valence-corrected chi connectivity index (χ0v) is 75.5. The highest BCUT2D eigenvalue weighted by atomic mass is 16.7. The maximum atomic E-state index is 7.08. The van der Waals surface area contributed by atoms with Crippen molar-refractivity contribution in [3.63, 3.8) is 0 Å². The van der Waals surface area contributed by atoms with Crippen LogP contribution >= 0.6 is 0 Å². The number of hydrogen-bond donors (Lipinski definition) is 4. The fourth-order valence-corrected chi connectivity index (χ4v) is 21.9. The summed E-state index contributed by atoms with van der Waals surface area (Å²) in [6, 6.07) is 0.872. The monoisotopic (exact) mass is 1570 g/mol. The van der Waals surface area contributed by atoms with Crippen LogP contribution < -0.4 is 40.9 Å². The van der Waals surface area contributed by atoms with Crippen molar-refractivity contribution in [3.8, 4) is 0 Å². The van der Waals surface area contributed by atoms with Crippen LogP contribution in [0.1, 0.15) is 382 Å². The molecule has 0 amide bonds. The predicted octanol–water partition coefficient (Wildman–Crippen LogP) is 19.1. The zero-order valence-electron chi connectivity index (χ0n) is 75.5. The summed E-state index contributed by atoms with van der Waals surface area (Å²) in [5, 5.41) is 24.8. The van der Waals surface area contributed by atoms with Crippen molar-refractivity contribution in [1.82, 2.24) is 60.8 Å². The van der Waals surface area contributed by atoms with Gasteiger partial charge in [-0.1, -0.05) is 130 Å². The average molecular weight is 1570 g/mol. The average Bonchev–Trinajstić information content (AvgIpc) is 0.767. The van der Waals surface area contributed by atoms with E-state index in [0.29, 0.717) is 36.3 Å². The molecule has 4 aliphatic heterocycles. The van der Waals surface area contributed by atoms with E-state index in [2.05, 4.69) is 200 Å². The Balaban J connectivity index is 0.813. The highest BCUT2D eigenvalue weighted by molar-refractivity contribution is 5.49. The fraction of sp³-hybridized carbons (Fsp3) is 0.933. The summed E-state index contributed by atoms with van der Waals surface area (Å²) < 4.78 is 0. The molecule has 0 radical (unpaired) electrons. The molecule has 642 valence electrons. The Morgan fingerprint density at radius 3 is 0.679 bits per heavy atom. The predicted molar refractivity (Wildman–Crippen MR) is 465 cm³/mol. The summed E-state index contributed by atoms with van der Waals surface area (Å²) in [6.07, 6.45) is 43.8. The Bertz CT molecular complexity index is 2630. The lowest BCUT2D eigenvalue weighted by Gasteiger charge is -2.57. The molecule has 4 saturated heterocycles. The van der Waals surface area contributed by atoms with E-state index in [-0.39, 0.29) is 68.5 Å². The third-order valence-corrected chi connectivity index (χ3v) is 26.6. The maximum Gasteiger partial charge on any atom is 0.232 e. The van der Waals surface area contributed by atoms with Crippen LogP contribution in [0, 0.1) is 0 Å². The maximum absolute atomic E-state index is 7.08. The van der Waals surface area contributed by atoms with Crippen molar-refractivity contribution in [2.75, 3.05) is 95.7 Å². The SMILES string of the molecule is CCCCN(c1nc(NCCCNCCNCCCNc2nc(N(CCCC)C3CC(C)(C)N(OC4CCCCC4)C(C)(C)C3)nc(N(CCCC)C3CC(C)(C)N(OC4CCCCC4)C(C)(C)C3)n2)nc(N(CCCC)C2CC(C)(C)N(OC3CCCCC3)C(C)(C)C2)n1)C1CC(C)(C)N(OC2CCCCC2)C(C)(C)C1. The number of anilines is 6. The number of piperidine rings is 4. The molecule has 10 rings (SSSR count). The van der Waals surface area contributed by atoms with Crippen molar-refractivity contribution in [3.05, 3.63) is 0 Å². The second-order valence-electron chi connectivity index (χ2n) is 41.2. The van der Waals surface area contributed by atoms with Crippen LogP contribution in [0.2, 0.25) is 0 Å². The Hall–Kier alpha value is -3.58. The number of nitrogens with zero attached hydrogens (tertiary/aromatic N) is 14. The third-order valence-electron chi connectivity index (χ3n) is 26.6. The molecule has 0 bridgehead atoms. The third kappa shape index (κ3) is 24.6. The van der Waals surface area contributed by atoms with Crippen LogP contribution in [-0.4, -0.2) is 208 Å². The van der Waals surface area contributed by atoms with Gasteiger partial charge in [-0.3, -0.25) is 19.4 Å². The topological polar surface area (TPSA) is 188 Å². The van der Waals surface area contributed by atoms with Crippen LogP contribution in [0.15, 0.2) is 0 Å². The number of hydrogen-bond acceptors (Lipinski definition) is 22. The zero-order chi connectivity index (χ0) is 80.5. The van der Waals surface area contributed by atoms with Crippen molar-refractivity contribution >= 4 is 35.7 Å². The Kier molecular flexibility index (Phi) is 33.2. The van der Waals surface area contributed by atoms with E-state index in [1.165, 1.54) is 77.0 Å². The minimum absolute atomic E-state index is 0.194. The van der Waals surface area contributed by atoms with E-state index in [1.54, 1.807) is 0 Å². The van der Waals surface area contributed by atoms with Gasteiger partial charge in [-0.25, -0.2) is 0 Å². The molecule has 8 aliphatic rings. The van der Waals surface area contributed by atoms with Gasteiger partial charge in [0.05, 0.1) is 24.4 Å². The lowest BCUT2D eigenvalue weighted by Crippen LogP contribution is -2.65. The molecule has 0 aromatic carbocycles. The Labute approximate surface area is 683 Å². The first-order valence-electron chi connectivity index (χ1n) is 46.6. The molecule has 4 saturated carbocycles. The van der Waals surface area contributed by atoms with Gasteiger partial charge in [0, 0.05) is 121 Å². The molecule has 8 fully saturated rings. The van der Waals surface area contributed by atoms with Gasteiger partial charge < -0.3 is 40.9 Å². The van der Waals surface area contributed by atoms with Gasteiger partial charge in [0.2, 0.25) is 35.7 Å². The van der Waals surface area contributed by atoms with Gasteiger partial charge in [-0.15, -0.1) is 0 Å². The second-order valence-corrected chi connectivity index (χ2v) is 41.2. The van der Waals surface area contributed by atoms with Crippen molar-refractivity contribution < 1.29 is 19.4 Å². The summed E-state index contributed by atoms with van der Waals surface area (Å²) >= 11 is 0. The molecule has 22 nitrogen and oxygen atoms in total. The summed E-state index contributed by atoms with van der Waals surface area (Å²) in [6.45, 7) is 56.3. The van der Waals surface area contributed by atoms with Crippen molar-refractivity contribution in [2.24, 2.45) is 0 Å². The first kappa shape index (κ1) is 90.7. The minimum Gasteiger partial charge on any atom is -0.354 e. The number of unbranched alkanes of at least 4 members (excludes halogenated alkanes) is 4. The Morgan fingerprint density at radius 2 is 0.482 bits per heavy atom. The molecule has 2 aromatic heterocycles. The quantitative estimate of drug-likeness (QED) is 0.0460. The van der Waals surface area contributed by atoms with Crippen LogP contribution in [0.5, 0.6) is 0 Å². The van der Waals surface area contributed by atoms with Crippen LogP contribution in [0.3, 0.4) is 0 Å². The van der Waals surface area contributed by atoms with Crippen LogP contribution in [0.4, 0.5) is 35.7 Å². The number of nitrogens with one attached hydrogen (secondary N) is 4. The molecule has 0 spiro atoms. The molecular formula is C90H168N18O4. The summed E-state index contributed by atoms with van der Waals surface area (Å²) in [7, 11) is 0. The normalized spacial score (nSPS) is 24.1. The smallest absolute Gasteiger partial charge is 0.232 e. The van der Waals surface area contributed by atoms with Gasteiger partial charge in [0.1, 0.15) is 0 Å². The highest BCUT2D eigenvalue weighted by Crippen LogP contribution is 2.49. The van der Waals surface area contributed by atoms with E-state index in [4.69, 9.17) is 49.3 Å². The fourth-order valence-electron chi connectivity index (χ4n) is 21.9. The molecular weight excluding hydrogens is 1400 g/mol. The van der Waals surface area contributed by atoms with E-state index in [9.17, 15) is 0 Å². The van der Waals surface area contributed by atoms with Crippen LogP contribution in [0.25, 0.3) is 0 Å². The van der Waals surface area contributed by atoms with Gasteiger partial charge in [0.15, 0.2) is 0 Å². The second kappa shape index (κ2) is 40.9. The molecule has 0 atom stereocenters. The van der Waals surface area contributed by atoms with Gasteiger partial charge >= 0.3 is 0 Å². The van der Waals surface area contributed by atoms with E-state index >= 15 is 0 Å². The van der Waals surface area contributed by atoms with Crippen molar-refractivity contribution in [2.45, 2.75) is 475 Å². The molecule has 4 aliphatic carbocycles. The molecule has 22 heteroatoms. The first-order valence-corrected chi connectivity index (χ1v) is 46.6. The largest absolute Gasteiger partial charge is 0.354 e. The highest BCUT2D eigenvalue weighted by Gasteiger charge is 2.54. The van der Waals surface area contributed by atoms with Crippen molar-refractivity contribution in [1.29, 1.82) is 0 Å². The summed E-state index contributed by atoms with van der Waals surface area (Å²) in [5.74, 6) is 4.54. The van der Waals surface area contributed by atoms with Gasteiger partial charge in [0.25, 0.3) is 0 Å². The van der Waals surface area contributed by atoms with E-state index < -0.39 is 0 Å². The minimum atomic E-state index is -0.194. The number of rotatable bonds is 41. The molecule has 6 heterocycles. The summed E-state index contributed by atoms with van der Waals surface area (Å²) in [4.78, 5) is 72.0. The van der Waals surface area contributed by atoms with E-state index in [1.807, 2.05) is 0 Å². The lowest BCUT2D eigenvalue weighted by atomic mass is 9.78. The molecule has 2 aromatic rings. The number of aromatic nitrogens is 6. The molecule has 112 heavy (non-hydrogen) atoms. The lowest BCUT2D eigenvalue weighted by molar-refractivity contribution is -0.310. The van der Waals surface area contributed by atoms with Gasteiger partial charge in [-0.2, -0.15) is 50.2 Å².